The number of fused-ring (bicyclic) bond motifs is 1. The minimum absolute atomic E-state index is 0.0232. The SMILES string of the molecule is CN(C)CCN(Cc1ccccc1)C(=O)c1ccc2c(c1)C(=O)N(C1CCCCC1)C2=O. The van der Waals surface area contributed by atoms with Gasteiger partial charge in [-0.15, -0.1) is 0 Å². The predicted octanol–water partition coefficient (Wildman–Crippen LogP) is 3.82. The molecule has 2 aromatic rings. The highest BCUT2D eigenvalue weighted by Crippen LogP contribution is 2.31. The van der Waals surface area contributed by atoms with Crippen molar-refractivity contribution in [3.05, 3.63) is 70.8 Å². The first-order chi connectivity index (χ1) is 15.5. The van der Waals surface area contributed by atoms with Crippen LogP contribution in [0.15, 0.2) is 48.5 Å². The van der Waals surface area contributed by atoms with Crippen molar-refractivity contribution in [1.29, 1.82) is 0 Å². The van der Waals surface area contributed by atoms with Crippen LogP contribution in [0, 0.1) is 0 Å². The van der Waals surface area contributed by atoms with Crippen molar-refractivity contribution in [1.82, 2.24) is 14.7 Å². The first-order valence-corrected chi connectivity index (χ1v) is 11.5. The molecule has 6 heteroatoms. The lowest BCUT2D eigenvalue weighted by Crippen LogP contribution is -2.40. The maximum atomic E-state index is 13.4. The van der Waals surface area contributed by atoms with Gasteiger partial charge in [0.1, 0.15) is 0 Å². The van der Waals surface area contributed by atoms with Crippen molar-refractivity contribution in [2.75, 3.05) is 27.2 Å². The van der Waals surface area contributed by atoms with Gasteiger partial charge in [0.2, 0.25) is 0 Å². The summed E-state index contributed by atoms with van der Waals surface area (Å²) in [7, 11) is 3.95. The molecular formula is C26H31N3O3. The van der Waals surface area contributed by atoms with Gasteiger partial charge in [0.05, 0.1) is 11.1 Å². The lowest BCUT2D eigenvalue weighted by molar-refractivity contribution is 0.0548. The minimum Gasteiger partial charge on any atom is -0.333 e. The quantitative estimate of drug-likeness (QED) is 0.623. The summed E-state index contributed by atoms with van der Waals surface area (Å²) in [5.74, 6) is -0.603. The Hall–Kier alpha value is -2.99. The molecule has 0 spiro atoms. The summed E-state index contributed by atoms with van der Waals surface area (Å²) < 4.78 is 0. The molecular weight excluding hydrogens is 402 g/mol. The second-order valence-electron chi connectivity index (χ2n) is 9.05. The molecule has 168 valence electrons. The summed E-state index contributed by atoms with van der Waals surface area (Å²) in [6.45, 7) is 1.79. The molecule has 1 saturated carbocycles. The van der Waals surface area contributed by atoms with Crippen LogP contribution < -0.4 is 0 Å². The summed E-state index contributed by atoms with van der Waals surface area (Å²) in [5.41, 5.74) is 2.28. The Morgan fingerprint density at radius 3 is 2.28 bits per heavy atom. The van der Waals surface area contributed by atoms with Crippen molar-refractivity contribution in [2.24, 2.45) is 0 Å². The van der Waals surface area contributed by atoms with Gasteiger partial charge in [0.25, 0.3) is 17.7 Å². The van der Waals surface area contributed by atoms with Crippen molar-refractivity contribution in [3.8, 4) is 0 Å². The molecule has 0 saturated heterocycles. The third-order valence-electron chi connectivity index (χ3n) is 6.43. The van der Waals surface area contributed by atoms with Gasteiger partial charge in [0.15, 0.2) is 0 Å². The molecule has 6 nitrogen and oxygen atoms in total. The van der Waals surface area contributed by atoms with Crippen LogP contribution >= 0.6 is 0 Å². The third-order valence-corrected chi connectivity index (χ3v) is 6.43. The number of carbonyl (C=O) groups is 3. The van der Waals surface area contributed by atoms with Crippen LogP contribution in [0.2, 0.25) is 0 Å². The Balaban J connectivity index is 1.58. The summed E-state index contributed by atoms with van der Waals surface area (Å²) >= 11 is 0. The number of hydrogen-bond acceptors (Lipinski definition) is 4. The van der Waals surface area contributed by atoms with Gasteiger partial charge in [-0.1, -0.05) is 49.6 Å². The number of nitrogens with zero attached hydrogens (tertiary/aromatic N) is 3. The van der Waals surface area contributed by atoms with Crippen LogP contribution in [-0.2, 0) is 6.54 Å². The third kappa shape index (κ3) is 4.60. The Bertz CT molecular complexity index is 997. The molecule has 2 aliphatic rings. The minimum atomic E-state index is -0.255. The standard InChI is InChI=1S/C26H31N3O3/c1-27(2)15-16-28(18-19-9-5-3-6-10-19)24(30)20-13-14-22-23(17-20)26(32)29(25(22)31)21-11-7-4-8-12-21/h3,5-6,9-10,13-14,17,21H,4,7-8,11-12,15-16,18H2,1-2H3. The van der Waals surface area contributed by atoms with E-state index in [4.69, 9.17) is 0 Å². The van der Waals surface area contributed by atoms with E-state index >= 15 is 0 Å². The molecule has 0 aromatic heterocycles. The number of carbonyl (C=O) groups excluding carboxylic acids is 3. The summed E-state index contributed by atoms with van der Waals surface area (Å²) in [4.78, 5) is 44.8. The number of imide groups is 1. The first-order valence-electron chi connectivity index (χ1n) is 11.5. The van der Waals surface area contributed by atoms with Gasteiger partial charge in [0, 0.05) is 31.2 Å². The van der Waals surface area contributed by atoms with Crippen LogP contribution in [0.4, 0.5) is 0 Å². The van der Waals surface area contributed by atoms with Crippen LogP contribution in [0.5, 0.6) is 0 Å². The molecule has 1 aliphatic carbocycles. The van der Waals surface area contributed by atoms with E-state index < -0.39 is 0 Å². The first kappa shape index (κ1) is 22.2. The fraction of sp³-hybridized carbons (Fsp3) is 0.423. The maximum Gasteiger partial charge on any atom is 0.261 e. The van der Waals surface area contributed by atoms with Gasteiger partial charge in [-0.25, -0.2) is 0 Å². The highest BCUT2D eigenvalue weighted by Gasteiger charge is 2.40. The zero-order chi connectivity index (χ0) is 22.7. The molecule has 0 atom stereocenters. The van der Waals surface area contributed by atoms with Crippen LogP contribution in [-0.4, -0.2) is 65.6 Å². The zero-order valence-corrected chi connectivity index (χ0v) is 18.9. The van der Waals surface area contributed by atoms with Crippen molar-refractivity contribution in [3.63, 3.8) is 0 Å². The van der Waals surface area contributed by atoms with Gasteiger partial charge in [-0.3, -0.25) is 19.3 Å². The van der Waals surface area contributed by atoms with Gasteiger partial charge in [-0.2, -0.15) is 0 Å². The van der Waals surface area contributed by atoms with Crippen LogP contribution in [0.3, 0.4) is 0 Å². The Morgan fingerprint density at radius 2 is 1.59 bits per heavy atom. The van der Waals surface area contributed by atoms with Gasteiger partial charge < -0.3 is 9.80 Å². The lowest BCUT2D eigenvalue weighted by atomic mass is 9.94. The summed E-state index contributed by atoms with van der Waals surface area (Å²) in [6, 6.07) is 14.8. The molecule has 1 heterocycles. The smallest absolute Gasteiger partial charge is 0.261 e. The van der Waals surface area contributed by atoms with Crippen molar-refractivity contribution < 1.29 is 14.4 Å². The Kier molecular flexibility index (Phi) is 6.70. The van der Waals surface area contributed by atoms with Gasteiger partial charge >= 0.3 is 0 Å². The van der Waals surface area contributed by atoms with Crippen LogP contribution in [0.25, 0.3) is 0 Å². The molecule has 3 amide bonds. The second kappa shape index (κ2) is 9.65. The fourth-order valence-electron chi connectivity index (χ4n) is 4.62. The number of benzene rings is 2. The largest absolute Gasteiger partial charge is 0.333 e. The van der Waals surface area contributed by atoms with Crippen molar-refractivity contribution in [2.45, 2.75) is 44.7 Å². The van der Waals surface area contributed by atoms with E-state index in [1.165, 1.54) is 4.90 Å². The Labute approximate surface area is 189 Å². The molecule has 32 heavy (non-hydrogen) atoms. The van der Waals surface area contributed by atoms with Gasteiger partial charge in [-0.05, 0) is 50.7 Å². The van der Waals surface area contributed by atoms with E-state index in [2.05, 4.69) is 0 Å². The van der Waals surface area contributed by atoms with E-state index in [9.17, 15) is 14.4 Å². The van der Waals surface area contributed by atoms with E-state index in [0.717, 1.165) is 44.2 Å². The van der Waals surface area contributed by atoms with E-state index in [0.29, 0.717) is 29.8 Å². The van der Waals surface area contributed by atoms with E-state index in [-0.39, 0.29) is 23.8 Å². The van der Waals surface area contributed by atoms with Crippen molar-refractivity contribution >= 4 is 17.7 Å². The normalized spacial score (nSPS) is 16.5. The lowest BCUT2D eigenvalue weighted by Gasteiger charge is -2.29. The molecule has 0 N–H and O–H groups in total. The molecule has 0 bridgehead atoms. The second-order valence-corrected chi connectivity index (χ2v) is 9.05. The number of likely N-dealkylation sites (N-methyl/N-ethyl adjacent to an activating group) is 1. The molecule has 4 rings (SSSR count). The zero-order valence-electron chi connectivity index (χ0n) is 18.9. The Morgan fingerprint density at radius 1 is 0.906 bits per heavy atom. The summed E-state index contributed by atoms with van der Waals surface area (Å²) in [6.07, 6.45) is 4.98. The molecule has 1 fully saturated rings. The highest BCUT2D eigenvalue weighted by molar-refractivity contribution is 6.22. The average Bonchev–Trinajstić information content (AvgIpc) is 3.06. The summed E-state index contributed by atoms with van der Waals surface area (Å²) in [5, 5.41) is 0. The fourth-order valence-corrected chi connectivity index (χ4v) is 4.62. The topological polar surface area (TPSA) is 60.9 Å². The number of rotatable bonds is 7. The van der Waals surface area contributed by atoms with Crippen LogP contribution in [0.1, 0.15) is 68.7 Å². The number of amides is 3. The molecule has 0 radical (unpaired) electrons. The van der Waals surface area contributed by atoms with E-state index in [1.54, 1.807) is 23.1 Å². The molecule has 0 unspecified atom stereocenters. The molecule has 2 aromatic carbocycles. The predicted molar refractivity (Wildman–Crippen MR) is 124 cm³/mol. The monoisotopic (exact) mass is 433 g/mol. The molecule has 1 aliphatic heterocycles. The maximum absolute atomic E-state index is 13.4. The highest BCUT2D eigenvalue weighted by atomic mass is 16.2. The average molecular weight is 434 g/mol. The number of hydrogen-bond donors (Lipinski definition) is 0. The van der Waals surface area contributed by atoms with E-state index in [1.807, 2.05) is 49.3 Å².